The van der Waals surface area contributed by atoms with E-state index in [0.29, 0.717) is 0 Å². The zero-order chi connectivity index (χ0) is 13.8. The number of aromatic nitrogens is 1. The molecule has 1 aromatic carbocycles. The third-order valence-electron chi connectivity index (χ3n) is 2.79. The number of rotatable bonds is 4. The second kappa shape index (κ2) is 5.43. The van der Waals surface area contributed by atoms with Crippen molar-refractivity contribution in [2.24, 2.45) is 0 Å². The van der Waals surface area contributed by atoms with Crippen LogP contribution in [0.1, 0.15) is 11.1 Å². The lowest BCUT2D eigenvalue weighted by Crippen LogP contribution is -2.06. The lowest BCUT2D eigenvalue weighted by Gasteiger charge is -2.09. The van der Waals surface area contributed by atoms with Crippen LogP contribution in [0, 0.1) is 22.9 Å². The van der Waals surface area contributed by atoms with Crippen molar-refractivity contribution in [3.8, 4) is 0 Å². The Morgan fingerprint density at radius 1 is 1.42 bits per heavy atom. The molecule has 0 aliphatic carbocycles. The zero-order valence-corrected chi connectivity index (χ0v) is 10.3. The fraction of sp³-hybridized carbons (Fsp3) is 0.154. The molecule has 0 atom stereocenters. The van der Waals surface area contributed by atoms with Crippen LogP contribution in [0.15, 0.2) is 36.7 Å². The lowest BCUT2D eigenvalue weighted by molar-refractivity contribution is -0.384. The molecule has 2 aromatic rings. The molecule has 1 aromatic heterocycles. The highest BCUT2D eigenvalue weighted by molar-refractivity contribution is 5.62. The van der Waals surface area contributed by atoms with Crippen molar-refractivity contribution in [2.75, 3.05) is 5.32 Å². The van der Waals surface area contributed by atoms with Crippen molar-refractivity contribution in [3.05, 3.63) is 63.7 Å². The number of pyridine rings is 1. The van der Waals surface area contributed by atoms with Gasteiger partial charge >= 0.3 is 0 Å². The fourth-order valence-corrected chi connectivity index (χ4v) is 1.71. The third-order valence-corrected chi connectivity index (χ3v) is 2.79. The van der Waals surface area contributed by atoms with Gasteiger partial charge in [-0.15, -0.1) is 0 Å². The van der Waals surface area contributed by atoms with Gasteiger partial charge in [-0.05, 0) is 30.2 Å². The summed E-state index contributed by atoms with van der Waals surface area (Å²) in [5.41, 5.74) is 1.47. The van der Waals surface area contributed by atoms with Crippen LogP contribution in [0.5, 0.6) is 0 Å². The van der Waals surface area contributed by atoms with Gasteiger partial charge in [-0.25, -0.2) is 4.39 Å². The van der Waals surface area contributed by atoms with E-state index in [1.54, 1.807) is 12.4 Å². The van der Waals surface area contributed by atoms with E-state index in [-0.39, 0.29) is 17.9 Å². The Balaban J connectivity index is 2.25. The Bertz CT molecular complexity index is 617. The van der Waals surface area contributed by atoms with E-state index in [4.69, 9.17) is 0 Å². The van der Waals surface area contributed by atoms with Crippen LogP contribution in [-0.4, -0.2) is 9.91 Å². The van der Waals surface area contributed by atoms with Gasteiger partial charge in [-0.2, -0.15) is 0 Å². The molecule has 0 radical (unpaired) electrons. The zero-order valence-electron chi connectivity index (χ0n) is 10.3. The smallest absolute Gasteiger partial charge is 0.295 e. The van der Waals surface area contributed by atoms with Crippen LogP contribution in [0.25, 0.3) is 0 Å². The van der Waals surface area contributed by atoms with E-state index < -0.39 is 10.7 Å². The number of nitrogens with zero attached hydrogens (tertiary/aromatic N) is 2. The maximum atomic E-state index is 13.6. The molecule has 98 valence electrons. The molecule has 0 spiro atoms. The Hall–Kier alpha value is -2.50. The summed E-state index contributed by atoms with van der Waals surface area (Å²) in [6, 6.07) is 5.59. The quantitative estimate of drug-likeness (QED) is 0.678. The first kappa shape index (κ1) is 12.9. The minimum Gasteiger partial charge on any atom is -0.373 e. The van der Waals surface area contributed by atoms with Gasteiger partial charge in [-0.1, -0.05) is 6.07 Å². The summed E-state index contributed by atoms with van der Waals surface area (Å²) < 4.78 is 13.6. The van der Waals surface area contributed by atoms with Crippen molar-refractivity contribution in [1.82, 2.24) is 4.98 Å². The number of nitro benzene ring substituents is 1. The summed E-state index contributed by atoms with van der Waals surface area (Å²) in [5, 5.41) is 13.6. The minimum absolute atomic E-state index is 0.101. The van der Waals surface area contributed by atoms with E-state index >= 15 is 0 Å². The van der Waals surface area contributed by atoms with E-state index in [9.17, 15) is 14.5 Å². The van der Waals surface area contributed by atoms with Gasteiger partial charge < -0.3 is 5.32 Å². The van der Waals surface area contributed by atoms with Crippen molar-refractivity contribution in [2.45, 2.75) is 13.5 Å². The van der Waals surface area contributed by atoms with Gasteiger partial charge in [0.05, 0.1) is 4.92 Å². The molecule has 0 fully saturated rings. The molecular weight excluding hydrogens is 249 g/mol. The number of aryl methyl sites for hydroxylation is 1. The highest BCUT2D eigenvalue weighted by Gasteiger charge is 2.17. The molecule has 1 heterocycles. The van der Waals surface area contributed by atoms with Crippen molar-refractivity contribution in [1.29, 1.82) is 0 Å². The Morgan fingerprint density at radius 3 is 2.89 bits per heavy atom. The highest BCUT2D eigenvalue weighted by atomic mass is 19.1. The molecule has 0 aliphatic rings. The number of hydrogen-bond donors (Lipinski definition) is 1. The third kappa shape index (κ3) is 2.85. The largest absolute Gasteiger partial charge is 0.373 e. The Morgan fingerprint density at radius 2 is 2.21 bits per heavy atom. The van der Waals surface area contributed by atoms with Gasteiger partial charge in [0.2, 0.25) is 0 Å². The van der Waals surface area contributed by atoms with E-state index in [0.717, 1.165) is 11.1 Å². The predicted octanol–water partition coefficient (Wildman–Crippen LogP) is 3.05. The standard InChI is InChI=1S/C13H12FN3O2/c1-9-5-6-15-7-10(9)8-16-13-11(14)3-2-4-12(13)17(18)19/h2-7,16H,8H2,1H3. The summed E-state index contributed by atoms with van der Waals surface area (Å²) in [5.74, 6) is -0.643. The van der Waals surface area contributed by atoms with Crippen LogP contribution in [0.2, 0.25) is 0 Å². The van der Waals surface area contributed by atoms with E-state index in [1.807, 2.05) is 13.0 Å². The molecule has 0 aliphatic heterocycles. The van der Waals surface area contributed by atoms with Gasteiger partial charge in [0.15, 0.2) is 5.82 Å². The molecule has 0 saturated carbocycles. The van der Waals surface area contributed by atoms with Gasteiger partial charge in [0.25, 0.3) is 5.69 Å². The second-order valence-corrected chi connectivity index (χ2v) is 4.05. The van der Waals surface area contributed by atoms with Crippen molar-refractivity contribution < 1.29 is 9.31 Å². The SMILES string of the molecule is Cc1ccncc1CNc1c(F)cccc1[N+](=O)[O-]. The van der Waals surface area contributed by atoms with E-state index in [2.05, 4.69) is 10.3 Å². The van der Waals surface area contributed by atoms with Crippen molar-refractivity contribution >= 4 is 11.4 Å². The first-order valence-electron chi connectivity index (χ1n) is 5.66. The minimum atomic E-state index is -0.643. The summed E-state index contributed by atoms with van der Waals surface area (Å²) in [4.78, 5) is 14.2. The Labute approximate surface area is 109 Å². The van der Waals surface area contributed by atoms with Crippen molar-refractivity contribution in [3.63, 3.8) is 0 Å². The first-order chi connectivity index (χ1) is 9.09. The number of benzene rings is 1. The molecule has 5 nitrogen and oxygen atoms in total. The molecule has 6 heteroatoms. The van der Waals surface area contributed by atoms with Gasteiger partial charge in [-0.3, -0.25) is 15.1 Å². The number of anilines is 1. The van der Waals surface area contributed by atoms with Crippen LogP contribution in [0.3, 0.4) is 0 Å². The average Bonchev–Trinajstić information content (AvgIpc) is 2.38. The van der Waals surface area contributed by atoms with E-state index in [1.165, 1.54) is 18.2 Å². The molecule has 0 saturated heterocycles. The monoisotopic (exact) mass is 261 g/mol. The second-order valence-electron chi connectivity index (χ2n) is 4.05. The van der Waals surface area contributed by atoms with Gasteiger partial charge in [0.1, 0.15) is 5.69 Å². The highest BCUT2D eigenvalue weighted by Crippen LogP contribution is 2.27. The average molecular weight is 261 g/mol. The number of nitro groups is 1. The molecule has 2 rings (SSSR count). The van der Waals surface area contributed by atoms with Crippen LogP contribution in [0.4, 0.5) is 15.8 Å². The first-order valence-corrected chi connectivity index (χ1v) is 5.66. The van der Waals surface area contributed by atoms with Crippen LogP contribution < -0.4 is 5.32 Å². The fourth-order valence-electron chi connectivity index (χ4n) is 1.71. The lowest BCUT2D eigenvalue weighted by atomic mass is 10.1. The maximum absolute atomic E-state index is 13.6. The summed E-state index contributed by atoms with van der Waals surface area (Å²) >= 11 is 0. The van der Waals surface area contributed by atoms with Gasteiger partial charge in [0, 0.05) is 25.0 Å². The number of para-hydroxylation sites is 1. The molecule has 1 N–H and O–H groups in total. The molecule has 19 heavy (non-hydrogen) atoms. The van der Waals surface area contributed by atoms with Crippen LogP contribution in [-0.2, 0) is 6.54 Å². The maximum Gasteiger partial charge on any atom is 0.295 e. The molecular formula is C13H12FN3O2. The summed E-state index contributed by atoms with van der Waals surface area (Å²) in [6.45, 7) is 2.18. The number of halogens is 1. The number of hydrogen-bond acceptors (Lipinski definition) is 4. The summed E-state index contributed by atoms with van der Waals surface area (Å²) in [7, 11) is 0. The van der Waals surface area contributed by atoms with Crippen LogP contribution >= 0.6 is 0 Å². The topological polar surface area (TPSA) is 68.1 Å². The number of nitrogens with one attached hydrogen (secondary N) is 1. The normalized spacial score (nSPS) is 10.2. The molecule has 0 bridgehead atoms. The predicted molar refractivity (Wildman–Crippen MR) is 69.4 cm³/mol. The summed E-state index contributed by atoms with van der Waals surface area (Å²) in [6.07, 6.45) is 3.30. The Kier molecular flexibility index (Phi) is 3.70. The molecule has 0 amide bonds. The molecule has 0 unspecified atom stereocenters.